The molecule has 4 nitrogen and oxygen atoms in total. The van der Waals surface area contributed by atoms with Crippen molar-refractivity contribution in [1.82, 2.24) is 0 Å². The molecule has 168 valence electrons. The van der Waals surface area contributed by atoms with Crippen LogP contribution in [0.4, 0.5) is 32.0 Å². The van der Waals surface area contributed by atoms with E-state index in [2.05, 4.69) is 4.74 Å². The maximum atomic E-state index is 13.6. The number of anilines is 1. The van der Waals surface area contributed by atoms with Gasteiger partial charge in [0.2, 0.25) is 0 Å². The van der Waals surface area contributed by atoms with Crippen LogP contribution in [0.5, 0.6) is 5.75 Å². The highest BCUT2D eigenvalue weighted by Crippen LogP contribution is 2.38. The molecule has 1 amide bonds. The molecule has 3 rings (SSSR count). The van der Waals surface area contributed by atoms with Crippen LogP contribution in [0.25, 0.3) is 0 Å². The van der Waals surface area contributed by atoms with Gasteiger partial charge in [-0.05, 0) is 36.4 Å². The number of halogens is 6. The summed E-state index contributed by atoms with van der Waals surface area (Å²) in [7, 11) is 0. The zero-order valence-corrected chi connectivity index (χ0v) is 16.3. The normalized spacial score (nSPS) is 10.6. The third-order valence-corrected chi connectivity index (χ3v) is 3.72. The van der Waals surface area contributed by atoms with Crippen molar-refractivity contribution < 1.29 is 40.7 Å². The Balaban J connectivity index is 0.000000439. The summed E-state index contributed by atoms with van der Waals surface area (Å²) < 4.78 is 82.1. The second-order valence-corrected chi connectivity index (χ2v) is 6.15. The SMILES string of the molecule is CC(=O)Oc1c(C(=O)Nc2ccc(F)cc2F)cccc1C(F)(F)F.Fc1ccccc1. The molecule has 0 radical (unpaired) electrons. The number of ether oxygens (including phenoxy) is 1. The molecule has 0 atom stereocenters. The van der Waals surface area contributed by atoms with Crippen molar-refractivity contribution in [3.05, 3.63) is 95.3 Å². The number of nitrogens with one attached hydrogen (secondary N) is 1. The van der Waals surface area contributed by atoms with Gasteiger partial charge in [0.1, 0.15) is 17.5 Å². The predicted molar refractivity (Wildman–Crippen MR) is 103 cm³/mol. The van der Waals surface area contributed by atoms with Gasteiger partial charge in [0.15, 0.2) is 5.75 Å². The molecular weight excluding hydrogens is 440 g/mol. The number of carbonyl (C=O) groups is 2. The van der Waals surface area contributed by atoms with Gasteiger partial charge in [-0.1, -0.05) is 24.3 Å². The second kappa shape index (κ2) is 10.5. The van der Waals surface area contributed by atoms with Crippen molar-refractivity contribution in [2.45, 2.75) is 13.1 Å². The first-order valence-electron chi connectivity index (χ1n) is 8.84. The van der Waals surface area contributed by atoms with E-state index in [0.717, 1.165) is 31.2 Å². The minimum absolute atomic E-state index is 0.178. The van der Waals surface area contributed by atoms with Crippen molar-refractivity contribution in [3.8, 4) is 5.75 Å². The second-order valence-electron chi connectivity index (χ2n) is 6.15. The van der Waals surface area contributed by atoms with E-state index in [4.69, 9.17) is 0 Å². The van der Waals surface area contributed by atoms with E-state index in [0.29, 0.717) is 12.1 Å². The Morgan fingerprint density at radius 1 is 0.844 bits per heavy atom. The zero-order chi connectivity index (χ0) is 23.9. The fourth-order valence-electron chi connectivity index (χ4n) is 2.39. The van der Waals surface area contributed by atoms with E-state index >= 15 is 0 Å². The van der Waals surface area contributed by atoms with E-state index in [1.807, 2.05) is 5.32 Å². The van der Waals surface area contributed by atoms with Gasteiger partial charge in [-0.3, -0.25) is 9.59 Å². The Bertz CT molecular complexity index is 1100. The number of amides is 1. The van der Waals surface area contributed by atoms with Crippen molar-refractivity contribution in [1.29, 1.82) is 0 Å². The lowest BCUT2D eigenvalue weighted by Gasteiger charge is -2.16. The van der Waals surface area contributed by atoms with E-state index in [-0.39, 0.29) is 5.82 Å². The molecule has 0 aliphatic carbocycles. The molecule has 0 heterocycles. The number of hydrogen-bond donors (Lipinski definition) is 1. The first-order chi connectivity index (χ1) is 15.0. The number of para-hydroxylation sites is 1. The lowest BCUT2D eigenvalue weighted by atomic mass is 10.1. The minimum Gasteiger partial charge on any atom is -0.425 e. The van der Waals surface area contributed by atoms with Gasteiger partial charge < -0.3 is 10.1 Å². The van der Waals surface area contributed by atoms with Crippen molar-refractivity contribution in [2.24, 2.45) is 0 Å². The molecule has 0 aliphatic rings. The molecule has 0 bridgehead atoms. The van der Waals surface area contributed by atoms with Crippen LogP contribution in [0, 0.1) is 17.5 Å². The Morgan fingerprint density at radius 2 is 1.50 bits per heavy atom. The van der Waals surface area contributed by atoms with E-state index in [1.165, 1.54) is 12.1 Å². The molecule has 10 heteroatoms. The summed E-state index contributed by atoms with van der Waals surface area (Å²) in [5, 5.41) is 2.01. The predicted octanol–water partition coefficient (Wildman–Crippen LogP) is 5.99. The summed E-state index contributed by atoms with van der Waals surface area (Å²) in [6.45, 7) is 0.870. The third kappa shape index (κ3) is 6.86. The molecule has 3 aromatic carbocycles. The lowest BCUT2D eigenvalue weighted by molar-refractivity contribution is -0.141. The fraction of sp³-hybridized carbons (Fsp3) is 0.0909. The number of rotatable bonds is 3. The standard InChI is InChI=1S/C16H10F5NO3.C6H5F/c1-8(23)25-14-10(3-2-4-11(14)16(19,20)21)15(24)22-13-6-5-9(17)7-12(13)18;7-6-4-2-1-3-5-6/h2-7H,1H3,(H,22,24);1-5H. The van der Waals surface area contributed by atoms with Gasteiger partial charge in [-0.25, -0.2) is 13.2 Å². The van der Waals surface area contributed by atoms with Gasteiger partial charge in [0.05, 0.1) is 16.8 Å². The molecule has 0 spiro atoms. The third-order valence-electron chi connectivity index (χ3n) is 3.72. The van der Waals surface area contributed by atoms with Crippen molar-refractivity contribution in [3.63, 3.8) is 0 Å². The molecule has 1 N–H and O–H groups in total. The average Bonchev–Trinajstić information content (AvgIpc) is 2.70. The molecule has 0 unspecified atom stereocenters. The van der Waals surface area contributed by atoms with Crippen LogP contribution in [0.3, 0.4) is 0 Å². The van der Waals surface area contributed by atoms with Crippen LogP contribution in [0.1, 0.15) is 22.8 Å². The Morgan fingerprint density at radius 3 is 2.00 bits per heavy atom. The molecule has 0 aliphatic heterocycles. The quantitative estimate of drug-likeness (QED) is 0.300. The highest BCUT2D eigenvalue weighted by atomic mass is 19.4. The highest BCUT2D eigenvalue weighted by Gasteiger charge is 2.37. The highest BCUT2D eigenvalue weighted by molar-refractivity contribution is 6.07. The number of hydrogen-bond acceptors (Lipinski definition) is 3. The van der Waals surface area contributed by atoms with Gasteiger partial charge in [0.25, 0.3) is 5.91 Å². The molecule has 0 saturated heterocycles. The maximum absolute atomic E-state index is 13.6. The first kappa shape index (κ1) is 24.4. The van der Waals surface area contributed by atoms with Crippen LogP contribution in [-0.2, 0) is 11.0 Å². The zero-order valence-electron chi connectivity index (χ0n) is 16.3. The molecule has 0 fully saturated rings. The van der Waals surface area contributed by atoms with Crippen LogP contribution >= 0.6 is 0 Å². The van der Waals surface area contributed by atoms with E-state index in [1.54, 1.807) is 18.2 Å². The van der Waals surface area contributed by atoms with Crippen LogP contribution < -0.4 is 10.1 Å². The Kier molecular flexibility index (Phi) is 8.00. The van der Waals surface area contributed by atoms with Crippen molar-refractivity contribution in [2.75, 3.05) is 5.32 Å². The molecule has 3 aromatic rings. The lowest BCUT2D eigenvalue weighted by Crippen LogP contribution is -2.19. The monoisotopic (exact) mass is 455 g/mol. The van der Waals surface area contributed by atoms with Crippen molar-refractivity contribution >= 4 is 17.6 Å². The fourth-order valence-corrected chi connectivity index (χ4v) is 2.39. The molecule has 0 saturated carbocycles. The minimum atomic E-state index is -4.89. The summed E-state index contributed by atoms with van der Waals surface area (Å²) in [5.41, 5.74) is -2.42. The van der Waals surface area contributed by atoms with Gasteiger partial charge in [-0.2, -0.15) is 13.2 Å². The van der Waals surface area contributed by atoms with Crippen LogP contribution in [0.2, 0.25) is 0 Å². The molecular formula is C22H15F6NO3. The number of esters is 1. The van der Waals surface area contributed by atoms with E-state index in [9.17, 15) is 35.9 Å². The van der Waals surface area contributed by atoms with E-state index < -0.39 is 52.3 Å². The van der Waals surface area contributed by atoms with Gasteiger partial charge in [0, 0.05) is 13.0 Å². The number of carbonyl (C=O) groups excluding carboxylic acids is 2. The Hall–Kier alpha value is -3.82. The first-order valence-corrected chi connectivity index (χ1v) is 8.84. The summed E-state index contributed by atoms with van der Waals surface area (Å²) in [4.78, 5) is 23.3. The summed E-state index contributed by atoms with van der Waals surface area (Å²) in [6, 6.07) is 12.7. The largest absolute Gasteiger partial charge is 0.425 e. The number of benzene rings is 3. The topological polar surface area (TPSA) is 55.4 Å². The maximum Gasteiger partial charge on any atom is 0.420 e. The van der Waals surface area contributed by atoms with Crippen LogP contribution in [-0.4, -0.2) is 11.9 Å². The summed E-state index contributed by atoms with van der Waals surface area (Å²) >= 11 is 0. The summed E-state index contributed by atoms with van der Waals surface area (Å²) in [6.07, 6.45) is -4.89. The van der Waals surface area contributed by atoms with Gasteiger partial charge in [-0.15, -0.1) is 0 Å². The van der Waals surface area contributed by atoms with Gasteiger partial charge >= 0.3 is 12.1 Å². The number of alkyl halides is 3. The smallest absolute Gasteiger partial charge is 0.420 e. The Labute approximate surface area is 178 Å². The van der Waals surface area contributed by atoms with Crippen LogP contribution in [0.15, 0.2) is 66.7 Å². The average molecular weight is 455 g/mol. The molecule has 32 heavy (non-hydrogen) atoms. The molecule has 0 aromatic heterocycles. The summed E-state index contributed by atoms with van der Waals surface area (Å²) in [5.74, 6) is -5.42.